The van der Waals surface area contributed by atoms with Gasteiger partial charge < -0.3 is 9.80 Å². The number of nitrogens with zero attached hydrogens (tertiary/aromatic N) is 2. The van der Waals surface area contributed by atoms with Crippen LogP contribution in [0, 0.1) is 0 Å². The Hall–Kier alpha value is -1.51. The molecule has 112 valence electrons. The van der Waals surface area contributed by atoms with Gasteiger partial charge in [-0.1, -0.05) is 48.5 Å². The highest BCUT2D eigenvalue weighted by atomic mass is 35.5. The number of para-hydroxylation sites is 1. The van der Waals surface area contributed by atoms with Gasteiger partial charge in [-0.25, -0.2) is 0 Å². The number of anilines is 1. The van der Waals surface area contributed by atoms with Crippen molar-refractivity contribution < 1.29 is 0 Å². The van der Waals surface area contributed by atoms with Crippen LogP contribution in [-0.4, -0.2) is 38.1 Å². The SMILES string of the molecule is CN1CCN(c2ccccc2Cc2ccccc2)CC1.Cl. The second kappa shape index (κ2) is 7.48. The summed E-state index contributed by atoms with van der Waals surface area (Å²) in [6.45, 7) is 4.56. The summed E-state index contributed by atoms with van der Waals surface area (Å²) in [6.07, 6.45) is 1.02. The quantitative estimate of drug-likeness (QED) is 0.857. The van der Waals surface area contributed by atoms with E-state index in [2.05, 4.69) is 71.4 Å². The lowest BCUT2D eigenvalue weighted by Crippen LogP contribution is -2.44. The van der Waals surface area contributed by atoms with E-state index in [9.17, 15) is 0 Å². The van der Waals surface area contributed by atoms with Crippen LogP contribution in [0.1, 0.15) is 11.1 Å². The lowest BCUT2D eigenvalue weighted by Gasteiger charge is -2.35. The summed E-state index contributed by atoms with van der Waals surface area (Å²) in [4.78, 5) is 4.93. The fourth-order valence-corrected chi connectivity index (χ4v) is 2.83. The van der Waals surface area contributed by atoms with Crippen molar-refractivity contribution in [2.24, 2.45) is 0 Å². The van der Waals surface area contributed by atoms with Crippen LogP contribution in [-0.2, 0) is 6.42 Å². The maximum Gasteiger partial charge on any atom is 0.0403 e. The Bertz CT molecular complexity index is 548. The largest absolute Gasteiger partial charge is 0.369 e. The third kappa shape index (κ3) is 3.99. The van der Waals surface area contributed by atoms with E-state index in [1.165, 1.54) is 16.8 Å². The molecule has 1 saturated heterocycles. The molecule has 0 aliphatic carbocycles. The van der Waals surface area contributed by atoms with Gasteiger partial charge in [0.15, 0.2) is 0 Å². The van der Waals surface area contributed by atoms with Crippen molar-refractivity contribution in [2.75, 3.05) is 38.1 Å². The van der Waals surface area contributed by atoms with Gasteiger partial charge in [0.05, 0.1) is 0 Å². The Kier molecular flexibility index (Phi) is 5.66. The molecule has 2 nitrogen and oxygen atoms in total. The molecule has 0 saturated carbocycles. The molecule has 0 atom stereocenters. The standard InChI is InChI=1S/C18H22N2.ClH/c1-19-11-13-20(14-12-19)18-10-6-5-9-17(18)15-16-7-3-2-4-8-16;/h2-10H,11-15H2,1H3;1H. The second-order valence-electron chi connectivity index (χ2n) is 5.58. The maximum absolute atomic E-state index is 2.53. The van der Waals surface area contributed by atoms with Crippen LogP contribution in [0.2, 0.25) is 0 Å². The van der Waals surface area contributed by atoms with E-state index in [-0.39, 0.29) is 12.4 Å². The van der Waals surface area contributed by atoms with Gasteiger partial charge in [0.1, 0.15) is 0 Å². The Morgan fingerprint density at radius 2 is 1.43 bits per heavy atom. The Morgan fingerprint density at radius 3 is 2.14 bits per heavy atom. The highest BCUT2D eigenvalue weighted by Gasteiger charge is 2.16. The highest BCUT2D eigenvalue weighted by Crippen LogP contribution is 2.24. The average molecular weight is 303 g/mol. The molecule has 1 fully saturated rings. The third-order valence-electron chi connectivity index (χ3n) is 4.07. The fourth-order valence-electron chi connectivity index (χ4n) is 2.83. The van der Waals surface area contributed by atoms with Gasteiger partial charge in [0.2, 0.25) is 0 Å². The molecule has 1 heterocycles. The van der Waals surface area contributed by atoms with Crippen LogP contribution >= 0.6 is 12.4 Å². The van der Waals surface area contributed by atoms with Crippen molar-refractivity contribution in [1.82, 2.24) is 4.90 Å². The Labute approximate surface area is 133 Å². The van der Waals surface area contributed by atoms with Crippen molar-refractivity contribution >= 4 is 18.1 Å². The number of benzene rings is 2. The number of likely N-dealkylation sites (N-methyl/N-ethyl adjacent to an activating group) is 1. The van der Waals surface area contributed by atoms with E-state index in [0.717, 1.165) is 32.6 Å². The van der Waals surface area contributed by atoms with Gasteiger partial charge in [0, 0.05) is 31.9 Å². The van der Waals surface area contributed by atoms with Crippen molar-refractivity contribution in [2.45, 2.75) is 6.42 Å². The van der Waals surface area contributed by atoms with Crippen molar-refractivity contribution in [3.05, 3.63) is 65.7 Å². The second-order valence-corrected chi connectivity index (χ2v) is 5.58. The van der Waals surface area contributed by atoms with Crippen molar-refractivity contribution in [3.8, 4) is 0 Å². The zero-order valence-corrected chi connectivity index (χ0v) is 13.4. The minimum atomic E-state index is 0. The van der Waals surface area contributed by atoms with E-state index in [4.69, 9.17) is 0 Å². The molecular formula is C18H23ClN2. The Morgan fingerprint density at radius 1 is 0.810 bits per heavy atom. The molecule has 1 aliphatic heterocycles. The summed E-state index contributed by atoms with van der Waals surface area (Å²) >= 11 is 0. The molecular weight excluding hydrogens is 280 g/mol. The molecule has 0 radical (unpaired) electrons. The number of halogens is 1. The monoisotopic (exact) mass is 302 g/mol. The molecule has 0 aromatic heterocycles. The van der Waals surface area contributed by atoms with Crippen LogP contribution in [0.3, 0.4) is 0 Å². The topological polar surface area (TPSA) is 6.48 Å². The molecule has 2 aromatic rings. The van der Waals surface area contributed by atoms with Crippen LogP contribution in [0.4, 0.5) is 5.69 Å². The summed E-state index contributed by atoms with van der Waals surface area (Å²) in [5.74, 6) is 0. The summed E-state index contributed by atoms with van der Waals surface area (Å²) < 4.78 is 0. The lowest BCUT2D eigenvalue weighted by atomic mass is 10.0. The van der Waals surface area contributed by atoms with Gasteiger partial charge in [-0.2, -0.15) is 0 Å². The maximum atomic E-state index is 2.53. The van der Waals surface area contributed by atoms with Gasteiger partial charge in [-0.3, -0.25) is 0 Å². The molecule has 0 spiro atoms. The number of rotatable bonds is 3. The van der Waals surface area contributed by atoms with Crippen molar-refractivity contribution in [3.63, 3.8) is 0 Å². The molecule has 21 heavy (non-hydrogen) atoms. The smallest absolute Gasteiger partial charge is 0.0403 e. The van der Waals surface area contributed by atoms with Gasteiger partial charge >= 0.3 is 0 Å². The highest BCUT2D eigenvalue weighted by molar-refractivity contribution is 5.85. The molecule has 1 aliphatic rings. The summed E-state index contributed by atoms with van der Waals surface area (Å²) in [5.41, 5.74) is 4.22. The van der Waals surface area contributed by atoms with Gasteiger partial charge in [0.25, 0.3) is 0 Å². The number of hydrogen-bond donors (Lipinski definition) is 0. The molecule has 3 heteroatoms. The minimum absolute atomic E-state index is 0. The Balaban J connectivity index is 0.00000161. The van der Waals surface area contributed by atoms with E-state index in [1.807, 2.05) is 0 Å². The first-order valence-corrected chi connectivity index (χ1v) is 7.38. The normalized spacial score (nSPS) is 15.6. The average Bonchev–Trinajstić information content (AvgIpc) is 2.50. The predicted molar refractivity (Wildman–Crippen MR) is 92.6 cm³/mol. The van der Waals surface area contributed by atoms with E-state index in [1.54, 1.807) is 0 Å². The predicted octanol–water partition coefficient (Wildman–Crippen LogP) is 3.45. The third-order valence-corrected chi connectivity index (χ3v) is 4.07. The number of hydrogen-bond acceptors (Lipinski definition) is 2. The molecule has 0 amide bonds. The van der Waals surface area contributed by atoms with Crippen LogP contribution in [0.15, 0.2) is 54.6 Å². The first-order valence-electron chi connectivity index (χ1n) is 7.38. The molecule has 3 rings (SSSR count). The van der Waals surface area contributed by atoms with Gasteiger partial charge in [-0.05, 0) is 30.7 Å². The van der Waals surface area contributed by atoms with Crippen molar-refractivity contribution in [1.29, 1.82) is 0 Å². The van der Waals surface area contributed by atoms with Gasteiger partial charge in [-0.15, -0.1) is 12.4 Å². The van der Waals surface area contributed by atoms with Crippen LogP contribution in [0.5, 0.6) is 0 Å². The van der Waals surface area contributed by atoms with E-state index < -0.39 is 0 Å². The minimum Gasteiger partial charge on any atom is -0.369 e. The van der Waals surface area contributed by atoms with Crippen LogP contribution < -0.4 is 4.90 Å². The molecule has 2 aromatic carbocycles. The zero-order chi connectivity index (χ0) is 13.8. The molecule has 0 bridgehead atoms. The van der Waals surface area contributed by atoms with E-state index >= 15 is 0 Å². The first-order chi connectivity index (χ1) is 9.83. The zero-order valence-electron chi connectivity index (χ0n) is 12.5. The van der Waals surface area contributed by atoms with E-state index in [0.29, 0.717) is 0 Å². The first kappa shape index (κ1) is 15.9. The molecule has 0 N–H and O–H groups in total. The summed E-state index contributed by atoms with van der Waals surface area (Å²) in [5, 5.41) is 0. The van der Waals surface area contributed by atoms with Crippen LogP contribution in [0.25, 0.3) is 0 Å². The lowest BCUT2D eigenvalue weighted by molar-refractivity contribution is 0.312. The fraction of sp³-hybridized carbons (Fsp3) is 0.333. The molecule has 0 unspecified atom stereocenters. The number of piperazine rings is 1. The summed E-state index contributed by atoms with van der Waals surface area (Å²) in [6, 6.07) is 19.6. The summed E-state index contributed by atoms with van der Waals surface area (Å²) in [7, 11) is 2.20.